The van der Waals surface area contributed by atoms with Gasteiger partial charge in [-0.1, -0.05) is 0 Å². The van der Waals surface area contributed by atoms with Crippen LogP contribution in [0.4, 0.5) is 0 Å². The van der Waals surface area contributed by atoms with Gasteiger partial charge in [0.15, 0.2) is 5.76 Å². The van der Waals surface area contributed by atoms with Gasteiger partial charge in [0.1, 0.15) is 11.5 Å². The first-order valence-electron chi connectivity index (χ1n) is 9.16. The fourth-order valence-electron chi connectivity index (χ4n) is 4.57. The van der Waals surface area contributed by atoms with Gasteiger partial charge in [0, 0.05) is 19.1 Å². The zero-order valence-corrected chi connectivity index (χ0v) is 15.0. The summed E-state index contributed by atoms with van der Waals surface area (Å²) in [5.74, 6) is 2.30. The molecule has 1 unspecified atom stereocenters. The van der Waals surface area contributed by atoms with Gasteiger partial charge >= 0.3 is 0 Å². The highest BCUT2D eigenvalue weighted by molar-refractivity contribution is 5.91. The Morgan fingerprint density at radius 3 is 2.64 bits per heavy atom. The summed E-state index contributed by atoms with van der Waals surface area (Å²) in [4.78, 5) is 16.9. The van der Waals surface area contributed by atoms with Gasteiger partial charge in [-0.25, -0.2) is 0 Å². The van der Waals surface area contributed by atoms with E-state index < -0.39 is 0 Å². The van der Waals surface area contributed by atoms with E-state index in [0.29, 0.717) is 17.2 Å². The molecule has 5 heteroatoms. The standard InChI is InChI=1S/C20H26N2O3/c1-15-5-6-17(25-15)19(23)22-11-9-20(10-12-22)8-7-18(20)21(2)14-16-4-3-13-24-16/h3-6,13,18H,7-12,14H2,1-2H3. The largest absolute Gasteiger partial charge is 0.468 e. The second-order valence-electron chi connectivity index (χ2n) is 7.61. The number of carbonyl (C=O) groups excluding carboxylic acids is 1. The highest BCUT2D eigenvalue weighted by Crippen LogP contribution is 2.51. The number of carbonyl (C=O) groups is 1. The molecule has 25 heavy (non-hydrogen) atoms. The van der Waals surface area contributed by atoms with Crippen LogP contribution in [0.5, 0.6) is 0 Å². The Balaban J connectivity index is 1.36. The third kappa shape index (κ3) is 3.01. The summed E-state index contributed by atoms with van der Waals surface area (Å²) in [6, 6.07) is 8.20. The van der Waals surface area contributed by atoms with E-state index in [4.69, 9.17) is 8.83 Å². The van der Waals surface area contributed by atoms with Crippen LogP contribution in [0.15, 0.2) is 39.4 Å². The number of aryl methyl sites for hydroxylation is 1. The zero-order chi connectivity index (χ0) is 17.4. The number of piperidine rings is 1. The lowest BCUT2D eigenvalue weighted by Crippen LogP contribution is -2.58. The molecule has 1 saturated heterocycles. The predicted octanol–water partition coefficient (Wildman–Crippen LogP) is 3.70. The Morgan fingerprint density at radius 2 is 2.08 bits per heavy atom. The molecule has 1 aliphatic carbocycles. The molecule has 4 rings (SSSR count). The lowest BCUT2D eigenvalue weighted by molar-refractivity contribution is -0.0593. The number of rotatable bonds is 4. The highest BCUT2D eigenvalue weighted by atomic mass is 16.4. The van der Waals surface area contributed by atoms with E-state index in [-0.39, 0.29) is 5.91 Å². The molecule has 5 nitrogen and oxygen atoms in total. The Morgan fingerprint density at radius 1 is 1.28 bits per heavy atom. The van der Waals surface area contributed by atoms with E-state index in [9.17, 15) is 4.79 Å². The minimum Gasteiger partial charge on any atom is -0.468 e. The lowest BCUT2D eigenvalue weighted by Gasteiger charge is -2.56. The van der Waals surface area contributed by atoms with Crippen LogP contribution in [0, 0.1) is 12.3 Å². The Kier molecular flexibility index (Phi) is 4.20. The molecule has 1 saturated carbocycles. The lowest BCUT2D eigenvalue weighted by atomic mass is 9.58. The van der Waals surface area contributed by atoms with Gasteiger partial charge in [0.25, 0.3) is 5.91 Å². The number of hydrogen-bond acceptors (Lipinski definition) is 4. The van der Waals surface area contributed by atoms with Gasteiger partial charge in [-0.05, 0) is 69.3 Å². The number of hydrogen-bond donors (Lipinski definition) is 0. The maximum Gasteiger partial charge on any atom is 0.289 e. The molecular formula is C20H26N2O3. The van der Waals surface area contributed by atoms with Crippen molar-refractivity contribution < 1.29 is 13.6 Å². The van der Waals surface area contributed by atoms with Crippen LogP contribution in [-0.4, -0.2) is 41.9 Å². The topological polar surface area (TPSA) is 49.8 Å². The van der Waals surface area contributed by atoms with Crippen LogP contribution < -0.4 is 0 Å². The van der Waals surface area contributed by atoms with Crippen molar-refractivity contribution in [1.82, 2.24) is 9.80 Å². The molecule has 2 aromatic rings. The van der Waals surface area contributed by atoms with Crippen LogP contribution in [0.3, 0.4) is 0 Å². The van der Waals surface area contributed by atoms with Crippen molar-refractivity contribution in [2.24, 2.45) is 5.41 Å². The monoisotopic (exact) mass is 342 g/mol. The summed E-state index contributed by atoms with van der Waals surface area (Å²) in [7, 11) is 2.19. The van der Waals surface area contributed by atoms with Crippen molar-refractivity contribution in [1.29, 1.82) is 0 Å². The summed E-state index contributed by atoms with van der Waals surface area (Å²) in [6.07, 6.45) is 6.39. The van der Waals surface area contributed by atoms with Gasteiger partial charge < -0.3 is 13.7 Å². The average Bonchev–Trinajstić information content (AvgIpc) is 3.25. The number of amides is 1. The fraction of sp³-hybridized carbons (Fsp3) is 0.550. The van der Waals surface area contributed by atoms with Crippen molar-refractivity contribution in [3.05, 3.63) is 47.8 Å². The van der Waals surface area contributed by atoms with Gasteiger partial charge in [0.2, 0.25) is 0 Å². The summed E-state index contributed by atoms with van der Waals surface area (Å²) >= 11 is 0. The van der Waals surface area contributed by atoms with E-state index in [1.807, 2.05) is 30.0 Å². The molecule has 1 amide bonds. The molecule has 3 heterocycles. The SMILES string of the molecule is Cc1ccc(C(=O)N2CCC3(CCC3N(C)Cc3ccco3)CC2)o1. The van der Waals surface area contributed by atoms with Gasteiger partial charge in [-0.15, -0.1) is 0 Å². The van der Waals surface area contributed by atoms with Crippen LogP contribution in [-0.2, 0) is 6.54 Å². The van der Waals surface area contributed by atoms with Crippen molar-refractivity contribution in [2.75, 3.05) is 20.1 Å². The zero-order valence-electron chi connectivity index (χ0n) is 15.0. The van der Waals surface area contributed by atoms with Crippen LogP contribution in [0.25, 0.3) is 0 Å². The molecule has 2 fully saturated rings. The molecule has 1 spiro atoms. The second kappa shape index (κ2) is 6.37. The summed E-state index contributed by atoms with van der Waals surface area (Å²) in [6.45, 7) is 4.37. The third-order valence-corrected chi connectivity index (χ3v) is 6.14. The number of furan rings is 2. The van der Waals surface area contributed by atoms with E-state index >= 15 is 0 Å². The molecule has 1 atom stereocenters. The van der Waals surface area contributed by atoms with Crippen molar-refractivity contribution >= 4 is 5.91 Å². The quantitative estimate of drug-likeness (QED) is 0.850. The molecule has 2 aromatic heterocycles. The van der Waals surface area contributed by atoms with Crippen molar-refractivity contribution in [3.8, 4) is 0 Å². The predicted molar refractivity (Wildman–Crippen MR) is 94.2 cm³/mol. The summed E-state index contributed by atoms with van der Waals surface area (Å²) in [5, 5.41) is 0. The summed E-state index contributed by atoms with van der Waals surface area (Å²) < 4.78 is 11.0. The Labute approximate surface area is 148 Å². The van der Waals surface area contributed by atoms with Crippen molar-refractivity contribution in [2.45, 2.75) is 45.2 Å². The fourth-order valence-corrected chi connectivity index (χ4v) is 4.57. The molecule has 134 valence electrons. The van der Waals surface area contributed by atoms with Gasteiger partial charge in [-0.3, -0.25) is 9.69 Å². The Hall–Kier alpha value is -2.01. The normalized spacial score (nSPS) is 22.4. The first-order chi connectivity index (χ1) is 12.1. The van der Waals surface area contributed by atoms with Crippen LogP contribution in [0.2, 0.25) is 0 Å². The molecular weight excluding hydrogens is 316 g/mol. The van der Waals surface area contributed by atoms with E-state index in [2.05, 4.69) is 11.9 Å². The first kappa shape index (κ1) is 16.5. The maximum atomic E-state index is 12.6. The number of nitrogens with zero attached hydrogens (tertiary/aromatic N) is 2. The summed E-state index contributed by atoms with van der Waals surface area (Å²) in [5.41, 5.74) is 0.358. The van der Waals surface area contributed by atoms with Crippen LogP contribution >= 0.6 is 0 Å². The van der Waals surface area contributed by atoms with E-state index in [0.717, 1.165) is 44.0 Å². The molecule has 0 N–H and O–H groups in total. The van der Waals surface area contributed by atoms with Gasteiger partial charge in [-0.2, -0.15) is 0 Å². The molecule has 2 aliphatic rings. The molecule has 0 bridgehead atoms. The highest BCUT2D eigenvalue weighted by Gasteiger charge is 2.50. The maximum absolute atomic E-state index is 12.6. The molecule has 0 radical (unpaired) electrons. The average molecular weight is 342 g/mol. The Bertz CT molecular complexity index is 726. The number of likely N-dealkylation sites (tertiary alicyclic amines) is 1. The molecule has 1 aliphatic heterocycles. The van der Waals surface area contributed by atoms with E-state index in [1.165, 1.54) is 12.8 Å². The van der Waals surface area contributed by atoms with Crippen LogP contribution in [0.1, 0.15) is 47.8 Å². The van der Waals surface area contributed by atoms with Gasteiger partial charge in [0.05, 0.1) is 12.8 Å². The first-order valence-corrected chi connectivity index (χ1v) is 9.16. The smallest absolute Gasteiger partial charge is 0.289 e. The minimum absolute atomic E-state index is 0.0303. The van der Waals surface area contributed by atoms with E-state index in [1.54, 1.807) is 12.3 Å². The third-order valence-electron chi connectivity index (χ3n) is 6.14. The van der Waals surface area contributed by atoms with Crippen molar-refractivity contribution in [3.63, 3.8) is 0 Å². The minimum atomic E-state index is 0.0303. The molecule has 0 aromatic carbocycles. The second-order valence-corrected chi connectivity index (χ2v) is 7.61.